The summed E-state index contributed by atoms with van der Waals surface area (Å²) in [6.45, 7) is 1.10. The molecule has 0 unspecified atom stereocenters. The molecule has 7 nitrogen and oxygen atoms in total. The molecule has 0 amide bonds. The van der Waals surface area contributed by atoms with Crippen LogP contribution in [0.5, 0.6) is 0 Å². The Bertz CT molecular complexity index is 358. The molecule has 1 aromatic rings. The number of rotatable bonds is 5. The molecule has 0 bridgehead atoms. The zero-order chi connectivity index (χ0) is 12.2. The lowest BCUT2D eigenvalue weighted by Gasteiger charge is -2.26. The van der Waals surface area contributed by atoms with Crippen LogP contribution in [0.1, 0.15) is 6.92 Å². The molecule has 0 fully saturated rings. The van der Waals surface area contributed by atoms with Crippen LogP contribution >= 0.6 is 11.6 Å². The Hall–Kier alpha value is -1.18. The quantitative estimate of drug-likeness (QED) is 0.568. The van der Waals surface area contributed by atoms with Crippen LogP contribution in [0.3, 0.4) is 0 Å². The number of aliphatic hydroxyl groups is 2. The highest BCUT2D eigenvalue weighted by molar-refractivity contribution is 6.28. The molecular weight excluding hydrogens is 234 g/mol. The Kier molecular flexibility index (Phi) is 4.22. The van der Waals surface area contributed by atoms with E-state index in [9.17, 15) is 0 Å². The van der Waals surface area contributed by atoms with E-state index in [1.807, 2.05) is 0 Å². The number of hydrogen-bond acceptors (Lipinski definition) is 7. The summed E-state index contributed by atoms with van der Waals surface area (Å²) in [5, 5.41) is 23.7. The van der Waals surface area contributed by atoms with Gasteiger partial charge in [0.1, 0.15) is 0 Å². The lowest BCUT2D eigenvalue weighted by molar-refractivity contribution is 0.147. The first-order valence-electron chi connectivity index (χ1n) is 4.62. The van der Waals surface area contributed by atoms with Crippen LogP contribution in [0.15, 0.2) is 0 Å². The van der Waals surface area contributed by atoms with E-state index in [-0.39, 0.29) is 24.4 Å². The van der Waals surface area contributed by atoms with Gasteiger partial charge in [-0.15, -0.1) is 0 Å². The topological polar surface area (TPSA) is 103 Å². The maximum absolute atomic E-state index is 9.10. The molecule has 90 valence electrons. The number of anilines is 2. The zero-order valence-corrected chi connectivity index (χ0v) is 9.78. The van der Waals surface area contributed by atoms with E-state index in [2.05, 4.69) is 25.6 Å². The molecule has 0 radical (unpaired) electrons. The normalized spacial score (nSPS) is 11.3. The summed E-state index contributed by atoms with van der Waals surface area (Å²) in [5.74, 6) is 0.496. The van der Waals surface area contributed by atoms with Crippen LogP contribution in [0.2, 0.25) is 5.28 Å². The Labute approximate surface area is 97.9 Å². The number of halogens is 1. The van der Waals surface area contributed by atoms with Gasteiger partial charge in [0.05, 0.1) is 18.8 Å². The zero-order valence-electron chi connectivity index (χ0n) is 9.03. The molecule has 0 atom stereocenters. The molecular formula is C8H14ClN5O2. The molecule has 16 heavy (non-hydrogen) atoms. The minimum absolute atomic E-state index is 0.0279. The van der Waals surface area contributed by atoms with E-state index < -0.39 is 5.54 Å². The van der Waals surface area contributed by atoms with Crippen molar-refractivity contribution in [3.63, 3.8) is 0 Å². The van der Waals surface area contributed by atoms with Crippen molar-refractivity contribution in [2.24, 2.45) is 0 Å². The SMILES string of the molecule is CNc1nc(Cl)nc(NC(C)(CO)CO)n1. The smallest absolute Gasteiger partial charge is 0.229 e. The number of aliphatic hydroxyl groups excluding tert-OH is 2. The van der Waals surface area contributed by atoms with Gasteiger partial charge in [0, 0.05) is 7.05 Å². The van der Waals surface area contributed by atoms with Gasteiger partial charge in [0.2, 0.25) is 17.2 Å². The Balaban J connectivity index is 2.92. The van der Waals surface area contributed by atoms with Crippen molar-refractivity contribution in [2.45, 2.75) is 12.5 Å². The first-order chi connectivity index (χ1) is 7.53. The summed E-state index contributed by atoms with van der Waals surface area (Å²) in [4.78, 5) is 11.6. The highest BCUT2D eigenvalue weighted by Gasteiger charge is 2.23. The molecule has 0 saturated heterocycles. The van der Waals surface area contributed by atoms with Gasteiger partial charge in [-0.05, 0) is 18.5 Å². The van der Waals surface area contributed by atoms with Gasteiger partial charge in [-0.2, -0.15) is 15.0 Å². The van der Waals surface area contributed by atoms with Gasteiger partial charge >= 0.3 is 0 Å². The molecule has 0 spiro atoms. The van der Waals surface area contributed by atoms with Crippen molar-refractivity contribution in [1.29, 1.82) is 0 Å². The minimum Gasteiger partial charge on any atom is -0.394 e. The Morgan fingerprint density at radius 3 is 2.25 bits per heavy atom. The molecule has 0 saturated carbocycles. The van der Waals surface area contributed by atoms with Gasteiger partial charge in [0.25, 0.3) is 0 Å². The van der Waals surface area contributed by atoms with Crippen molar-refractivity contribution >= 4 is 23.5 Å². The molecule has 1 aromatic heterocycles. The van der Waals surface area contributed by atoms with Crippen molar-refractivity contribution in [2.75, 3.05) is 30.9 Å². The molecule has 1 heterocycles. The van der Waals surface area contributed by atoms with Crippen molar-refractivity contribution in [3.05, 3.63) is 5.28 Å². The summed E-state index contributed by atoms with van der Waals surface area (Å²) in [5.41, 5.74) is -0.907. The van der Waals surface area contributed by atoms with Gasteiger partial charge < -0.3 is 20.8 Å². The highest BCUT2D eigenvalue weighted by Crippen LogP contribution is 2.14. The van der Waals surface area contributed by atoms with Crippen molar-refractivity contribution in [1.82, 2.24) is 15.0 Å². The van der Waals surface area contributed by atoms with Crippen LogP contribution < -0.4 is 10.6 Å². The third-order valence-electron chi connectivity index (χ3n) is 1.94. The summed E-state index contributed by atoms with van der Waals surface area (Å²) in [6, 6.07) is 0. The van der Waals surface area contributed by atoms with Gasteiger partial charge in [0.15, 0.2) is 0 Å². The largest absolute Gasteiger partial charge is 0.394 e. The number of nitrogens with one attached hydrogen (secondary N) is 2. The van der Waals surface area contributed by atoms with E-state index in [1.165, 1.54) is 0 Å². The molecule has 0 aliphatic heterocycles. The molecule has 8 heteroatoms. The summed E-state index contributed by atoms with van der Waals surface area (Å²) < 4.78 is 0. The third-order valence-corrected chi connectivity index (χ3v) is 2.11. The number of aromatic nitrogens is 3. The lowest BCUT2D eigenvalue weighted by atomic mass is 10.1. The fraction of sp³-hybridized carbons (Fsp3) is 0.625. The van der Waals surface area contributed by atoms with Gasteiger partial charge in [-0.25, -0.2) is 0 Å². The average Bonchev–Trinajstić information content (AvgIpc) is 2.28. The third kappa shape index (κ3) is 3.16. The van der Waals surface area contributed by atoms with Crippen LogP contribution in [-0.2, 0) is 0 Å². The van der Waals surface area contributed by atoms with Crippen LogP contribution in [-0.4, -0.2) is 51.0 Å². The van der Waals surface area contributed by atoms with Crippen LogP contribution in [0.4, 0.5) is 11.9 Å². The predicted molar refractivity (Wildman–Crippen MR) is 60.6 cm³/mol. The first-order valence-corrected chi connectivity index (χ1v) is 5.00. The van der Waals surface area contributed by atoms with E-state index in [4.69, 9.17) is 21.8 Å². The second-order valence-corrected chi connectivity index (χ2v) is 3.84. The highest BCUT2D eigenvalue weighted by atomic mass is 35.5. The molecule has 4 N–H and O–H groups in total. The average molecular weight is 248 g/mol. The molecule has 0 aliphatic rings. The summed E-state index contributed by atoms with van der Waals surface area (Å²) in [7, 11) is 1.65. The summed E-state index contributed by atoms with van der Waals surface area (Å²) >= 11 is 5.68. The Morgan fingerprint density at radius 2 is 1.75 bits per heavy atom. The van der Waals surface area contributed by atoms with Crippen molar-refractivity contribution in [3.8, 4) is 0 Å². The maximum atomic E-state index is 9.10. The van der Waals surface area contributed by atoms with E-state index in [0.29, 0.717) is 5.95 Å². The van der Waals surface area contributed by atoms with Gasteiger partial charge in [-0.3, -0.25) is 0 Å². The number of nitrogens with zero attached hydrogens (tertiary/aromatic N) is 3. The van der Waals surface area contributed by atoms with Crippen LogP contribution in [0.25, 0.3) is 0 Å². The van der Waals surface area contributed by atoms with E-state index in [1.54, 1.807) is 14.0 Å². The molecule has 0 aliphatic carbocycles. The fourth-order valence-electron chi connectivity index (χ4n) is 0.917. The number of hydrogen-bond donors (Lipinski definition) is 4. The minimum atomic E-state index is -0.907. The van der Waals surface area contributed by atoms with Crippen molar-refractivity contribution < 1.29 is 10.2 Å². The van der Waals surface area contributed by atoms with Gasteiger partial charge in [-0.1, -0.05) is 0 Å². The second-order valence-electron chi connectivity index (χ2n) is 3.50. The van der Waals surface area contributed by atoms with E-state index >= 15 is 0 Å². The summed E-state index contributed by atoms with van der Waals surface area (Å²) in [6.07, 6.45) is 0. The Morgan fingerprint density at radius 1 is 1.19 bits per heavy atom. The molecule has 1 rings (SSSR count). The van der Waals surface area contributed by atoms with Crippen LogP contribution in [0, 0.1) is 0 Å². The second kappa shape index (κ2) is 5.24. The van der Waals surface area contributed by atoms with E-state index in [0.717, 1.165) is 0 Å². The molecule has 0 aromatic carbocycles. The maximum Gasteiger partial charge on any atom is 0.229 e. The predicted octanol–water partition coefficient (Wildman–Crippen LogP) is -0.278. The fourth-order valence-corrected chi connectivity index (χ4v) is 1.08. The lowest BCUT2D eigenvalue weighted by Crippen LogP contribution is -2.43. The standard InChI is InChI=1S/C8H14ClN5O2/c1-8(3-15,4-16)14-7-12-5(9)11-6(10-2)13-7/h15-16H,3-4H2,1-2H3,(H2,10,11,12,13,14). The monoisotopic (exact) mass is 247 g/mol. The first kappa shape index (κ1) is 12.9.